The van der Waals surface area contributed by atoms with Crippen LogP contribution in [0.2, 0.25) is 0 Å². The van der Waals surface area contributed by atoms with Crippen molar-refractivity contribution < 1.29 is 14.3 Å². The minimum absolute atomic E-state index is 0.0230. The first-order valence-electron chi connectivity index (χ1n) is 7.37. The van der Waals surface area contributed by atoms with Crippen molar-refractivity contribution >= 4 is 5.91 Å². The summed E-state index contributed by atoms with van der Waals surface area (Å²) in [5.74, 6) is 0.541. The fraction of sp³-hybridized carbons (Fsp3) is 0.375. The third kappa shape index (κ3) is 5.39. The van der Waals surface area contributed by atoms with Crippen molar-refractivity contribution in [3.05, 3.63) is 47.3 Å². The Hall–Kier alpha value is -2.38. The van der Waals surface area contributed by atoms with E-state index in [0.717, 1.165) is 17.0 Å². The van der Waals surface area contributed by atoms with Crippen molar-refractivity contribution in [2.75, 3.05) is 13.7 Å². The van der Waals surface area contributed by atoms with Crippen LogP contribution >= 0.6 is 0 Å². The second kappa shape index (κ2) is 8.30. The first kappa shape index (κ1) is 17.0. The summed E-state index contributed by atoms with van der Waals surface area (Å²) in [6.45, 7) is 3.09. The number of nitrogens with zero attached hydrogens (tertiary/aromatic N) is 1. The molecule has 7 heteroatoms. The van der Waals surface area contributed by atoms with E-state index in [9.17, 15) is 4.79 Å². The molecule has 23 heavy (non-hydrogen) atoms. The highest BCUT2D eigenvalue weighted by Gasteiger charge is 2.10. The number of hydrogen-bond acceptors (Lipinski definition) is 5. The second-order valence-corrected chi connectivity index (χ2v) is 5.30. The van der Waals surface area contributed by atoms with Crippen LogP contribution in [0.1, 0.15) is 28.7 Å². The number of aromatic amines is 1. The largest absolute Gasteiger partial charge is 0.497 e. The molecular formula is C16H22N4O3. The van der Waals surface area contributed by atoms with Gasteiger partial charge >= 0.3 is 0 Å². The highest BCUT2D eigenvalue weighted by Crippen LogP contribution is 2.11. The number of nitrogens with two attached hydrogens (primary N) is 1. The van der Waals surface area contributed by atoms with Crippen molar-refractivity contribution in [1.29, 1.82) is 0 Å². The lowest BCUT2D eigenvalue weighted by molar-refractivity contribution is 0.0946. The summed E-state index contributed by atoms with van der Waals surface area (Å²) in [4.78, 5) is 12.1. The highest BCUT2D eigenvalue weighted by molar-refractivity contribution is 5.92. The molecule has 0 aliphatic rings. The summed E-state index contributed by atoms with van der Waals surface area (Å²) in [5.41, 5.74) is 7.65. The van der Waals surface area contributed by atoms with Crippen LogP contribution in [-0.2, 0) is 17.9 Å². The molecule has 1 aromatic heterocycles. The molecule has 0 saturated carbocycles. The van der Waals surface area contributed by atoms with Crippen LogP contribution in [0.4, 0.5) is 0 Å². The molecule has 1 atom stereocenters. The lowest BCUT2D eigenvalue weighted by Gasteiger charge is -2.05. The molecule has 1 amide bonds. The maximum Gasteiger partial charge on any atom is 0.272 e. The Kier molecular flexibility index (Phi) is 6.13. The molecule has 1 heterocycles. The standard InChI is InChI=1S/C16H22N4O3/c1-11(17)9-23-10-13-7-15(20-19-13)16(21)18-8-12-3-5-14(22-2)6-4-12/h3-7,11H,8-10,17H2,1-2H3,(H,18,21)(H,19,20)/t11-/m0/s1. The first-order valence-corrected chi connectivity index (χ1v) is 7.37. The number of nitrogens with one attached hydrogen (secondary N) is 2. The van der Waals surface area contributed by atoms with Gasteiger partial charge in [0.15, 0.2) is 0 Å². The molecule has 0 spiro atoms. The summed E-state index contributed by atoms with van der Waals surface area (Å²) >= 11 is 0. The van der Waals surface area contributed by atoms with Gasteiger partial charge in [-0.15, -0.1) is 0 Å². The molecule has 7 nitrogen and oxygen atoms in total. The summed E-state index contributed by atoms with van der Waals surface area (Å²) in [5, 5.41) is 9.58. The monoisotopic (exact) mass is 318 g/mol. The lowest BCUT2D eigenvalue weighted by Crippen LogP contribution is -2.23. The van der Waals surface area contributed by atoms with Crippen LogP contribution in [0, 0.1) is 0 Å². The van der Waals surface area contributed by atoms with Gasteiger partial charge in [-0.1, -0.05) is 12.1 Å². The molecule has 124 valence electrons. The molecule has 0 saturated heterocycles. The van der Waals surface area contributed by atoms with Crippen LogP contribution in [-0.4, -0.2) is 35.9 Å². The van der Waals surface area contributed by atoms with Crippen molar-refractivity contribution in [2.24, 2.45) is 5.73 Å². The summed E-state index contributed by atoms with van der Waals surface area (Å²) in [6, 6.07) is 9.15. The number of ether oxygens (including phenoxy) is 2. The van der Waals surface area contributed by atoms with E-state index in [2.05, 4.69) is 15.5 Å². The van der Waals surface area contributed by atoms with E-state index in [4.69, 9.17) is 15.2 Å². The Labute approximate surface area is 135 Å². The van der Waals surface area contributed by atoms with Gasteiger partial charge in [0.05, 0.1) is 26.0 Å². The van der Waals surface area contributed by atoms with E-state index in [1.807, 2.05) is 31.2 Å². The molecule has 0 bridgehead atoms. The van der Waals surface area contributed by atoms with Crippen LogP contribution in [0.5, 0.6) is 5.75 Å². The molecule has 0 radical (unpaired) electrons. The SMILES string of the molecule is COc1ccc(CNC(=O)c2cc(COC[C@H](C)N)[nH]n2)cc1. The summed E-state index contributed by atoms with van der Waals surface area (Å²) in [6.07, 6.45) is 0. The number of aromatic nitrogens is 2. The number of rotatable bonds is 8. The van der Waals surface area contributed by atoms with Crippen molar-refractivity contribution in [2.45, 2.75) is 26.1 Å². The lowest BCUT2D eigenvalue weighted by atomic mass is 10.2. The molecule has 4 N–H and O–H groups in total. The van der Waals surface area contributed by atoms with E-state index < -0.39 is 0 Å². The quantitative estimate of drug-likeness (QED) is 0.679. The number of H-pyrrole nitrogens is 1. The zero-order valence-corrected chi connectivity index (χ0v) is 13.3. The van der Waals surface area contributed by atoms with Gasteiger partial charge in [-0.3, -0.25) is 9.89 Å². The number of hydrogen-bond donors (Lipinski definition) is 3. The molecule has 0 aliphatic heterocycles. The Balaban J connectivity index is 1.82. The Morgan fingerprint density at radius 2 is 2.13 bits per heavy atom. The van der Waals surface area contributed by atoms with E-state index in [0.29, 0.717) is 25.5 Å². The van der Waals surface area contributed by atoms with Crippen LogP contribution in [0.25, 0.3) is 0 Å². The van der Waals surface area contributed by atoms with Crippen molar-refractivity contribution in [3.8, 4) is 5.75 Å². The summed E-state index contributed by atoms with van der Waals surface area (Å²) in [7, 11) is 1.61. The van der Waals surface area contributed by atoms with Gasteiger partial charge < -0.3 is 20.5 Å². The van der Waals surface area contributed by atoms with Crippen molar-refractivity contribution in [1.82, 2.24) is 15.5 Å². The fourth-order valence-electron chi connectivity index (χ4n) is 1.92. The zero-order valence-electron chi connectivity index (χ0n) is 13.3. The third-order valence-electron chi connectivity index (χ3n) is 3.11. The maximum absolute atomic E-state index is 12.1. The van der Waals surface area contributed by atoms with E-state index in [1.165, 1.54) is 0 Å². The maximum atomic E-state index is 12.1. The average Bonchev–Trinajstić information content (AvgIpc) is 3.01. The molecule has 0 unspecified atom stereocenters. The smallest absolute Gasteiger partial charge is 0.272 e. The molecule has 1 aromatic carbocycles. The molecule has 0 fully saturated rings. The highest BCUT2D eigenvalue weighted by atomic mass is 16.5. The normalized spacial score (nSPS) is 12.0. The third-order valence-corrected chi connectivity index (χ3v) is 3.11. The van der Waals surface area contributed by atoms with Crippen LogP contribution in [0.3, 0.4) is 0 Å². The van der Waals surface area contributed by atoms with Gasteiger partial charge in [-0.2, -0.15) is 5.10 Å². The Morgan fingerprint density at radius 1 is 1.39 bits per heavy atom. The molecule has 2 rings (SSSR count). The molecule has 2 aromatic rings. The Bertz CT molecular complexity index is 623. The van der Waals surface area contributed by atoms with Crippen molar-refractivity contribution in [3.63, 3.8) is 0 Å². The summed E-state index contributed by atoms with van der Waals surface area (Å²) < 4.78 is 10.5. The van der Waals surface area contributed by atoms with Gasteiger partial charge in [0.25, 0.3) is 5.91 Å². The minimum Gasteiger partial charge on any atom is -0.497 e. The van der Waals surface area contributed by atoms with E-state index in [1.54, 1.807) is 13.2 Å². The average molecular weight is 318 g/mol. The van der Waals surface area contributed by atoms with Gasteiger partial charge in [0.2, 0.25) is 0 Å². The number of methoxy groups -OCH3 is 1. The van der Waals surface area contributed by atoms with Gasteiger partial charge in [-0.05, 0) is 30.7 Å². The van der Waals surface area contributed by atoms with Gasteiger partial charge in [0, 0.05) is 12.6 Å². The number of carbonyl (C=O) groups excluding carboxylic acids is 1. The minimum atomic E-state index is -0.240. The predicted molar refractivity (Wildman–Crippen MR) is 86.1 cm³/mol. The first-order chi connectivity index (χ1) is 11.1. The number of amides is 1. The fourth-order valence-corrected chi connectivity index (χ4v) is 1.92. The number of carbonyl (C=O) groups is 1. The van der Waals surface area contributed by atoms with E-state index >= 15 is 0 Å². The van der Waals surface area contributed by atoms with Gasteiger partial charge in [0.1, 0.15) is 11.4 Å². The second-order valence-electron chi connectivity index (χ2n) is 5.30. The Morgan fingerprint density at radius 3 is 2.78 bits per heavy atom. The van der Waals surface area contributed by atoms with Gasteiger partial charge in [-0.25, -0.2) is 0 Å². The number of benzene rings is 1. The zero-order chi connectivity index (χ0) is 16.7. The molecular weight excluding hydrogens is 296 g/mol. The van der Waals surface area contributed by atoms with E-state index in [-0.39, 0.29) is 11.9 Å². The predicted octanol–water partition coefficient (Wildman–Crippen LogP) is 1.21. The van der Waals surface area contributed by atoms with Crippen LogP contribution in [0.15, 0.2) is 30.3 Å². The van der Waals surface area contributed by atoms with Crippen LogP contribution < -0.4 is 15.8 Å². The topological polar surface area (TPSA) is 102 Å². The molecule has 0 aliphatic carbocycles.